The molecule has 2 aromatic rings. The molecule has 0 fully saturated rings. The smallest absolute Gasteiger partial charge is 0.0912 e. The lowest BCUT2D eigenvalue weighted by Crippen LogP contribution is -2.17. The van der Waals surface area contributed by atoms with Gasteiger partial charge in [-0.3, -0.25) is 14.6 Å². The lowest BCUT2D eigenvalue weighted by atomic mass is 10.1. The van der Waals surface area contributed by atoms with Crippen molar-refractivity contribution in [3.05, 3.63) is 42.2 Å². The van der Waals surface area contributed by atoms with Crippen molar-refractivity contribution in [2.75, 3.05) is 0 Å². The molecule has 72 valence electrons. The number of aromatic nitrogens is 4. The van der Waals surface area contributed by atoms with E-state index in [2.05, 4.69) is 15.1 Å². The fourth-order valence-corrected chi connectivity index (χ4v) is 1.31. The second-order valence-corrected chi connectivity index (χ2v) is 2.99. The van der Waals surface area contributed by atoms with Gasteiger partial charge < -0.3 is 5.73 Å². The average molecular weight is 189 g/mol. The molecule has 0 aliphatic heterocycles. The van der Waals surface area contributed by atoms with Gasteiger partial charge in [0, 0.05) is 25.6 Å². The summed E-state index contributed by atoms with van der Waals surface area (Å²) in [5.41, 5.74) is 7.67. The molecular weight excluding hydrogens is 178 g/mol. The Labute approximate surface area is 81.6 Å². The molecule has 1 atom stereocenters. The van der Waals surface area contributed by atoms with E-state index in [1.54, 1.807) is 29.5 Å². The summed E-state index contributed by atoms with van der Waals surface area (Å²) in [7, 11) is 1.85. The topological polar surface area (TPSA) is 69.6 Å². The Kier molecular flexibility index (Phi) is 2.24. The van der Waals surface area contributed by atoms with Crippen molar-refractivity contribution in [1.29, 1.82) is 0 Å². The van der Waals surface area contributed by atoms with E-state index in [1.165, 1.54) is 0 Å². The third kappa shape index (κ3) is 1.49. The van der Waals surface area contributed by atoms with Gasteiger partial charge in [-0.25, -0.2) is 0 Å². The van der Waals surface area contributed by atoms with Crippen LogP contribution in [0.2, 0.25) is 0 Å². The molecule has 2 heterocycles. The van der Waals surface area contributed by atoms with Crippen LogP contribution in [0.15, 0.2) is 30.9 Å². The number of hydrogen-bond donors (Lipinski definition) is 1. The van der Waals surface area contributed by atoms with Gasteiger partial charge in [0.1, 0.15) is 0 Å². The molecule has 0 radical (unpaired) electrons. The van der Waals surface area contributed by atoms with Crippen molar-refractivity contribution >= 4 is 0 Å². The molecule has 0 aliphatic carbocycles. The van der Waals surface area contributed by atoms with E-state index in [0.29, 0.717) is 0 Å². The largest absolute Gasteiger partial charge is 0.318 e. The lowest BCUT2D eigenvalue weighted by molar-refractivity contribution is 0.662. The normalized spacial score (nSPS) is 12.7. The first kappa shape index (κ1) is 8.83. The van der Waals surface area contributed by atoms with Crippen molar-refractivity contribution in [3.8, 4) is 0 Å². The fraction of sp³-hybridized carbons (Fsp3) is 0.222. The molecule has 0 bridgehead atoms. The Morgan fingerprint density at radius 2 is 2.21 bits per heavy atom. The van der Waals surface area contributed by atoms with Gasteiger partial charge >= 0.3 is 0 Å². The highest BCUT2D eigenvalue weighted by Gasteiger charge is 2.13. The Hall–Kier alpha value is -1.75. The number of hydrogen-bond acceptors (Lipinski definition) is 4. The molecule has 0 aromatic carbocycles. The van der Waals surface area contributed by atoms with Gasteiger partial charge in [-0.15, -0.1) is 0 Å². The predicted octanol–water partition coefficient (Wildman–Crippen LogP) is 0.258. The van der Waals surface area contributed by atoms with Gasteiger partial charge in [-0.05, 0) is 6.07 Å². The molecule has 0 saturated heterocycles. The summed E-state index contributed by atoms with van der Waals surface area (Å²) in [5.74, 6) is 0. The molecule has 0 saturated carbocycles. The van der Waals surface area contributed by atoms with Gasteiger partial charge in [0.05, 0.1) is 23.6 Å². The highest BCUT2D eigenvalue weighted by molar-refractivity contribution is 5.18. The van der Waals surface area contributed by atoms with Crippen molar-refractivity contribution in [2.24, 2.45) is 12.8 Å². The maximum atomic E-state index is 6.00. The van der Waals surface area contributed by atoms with E-state index in [-0.39, 0.29) is 6.04 Å². The first-order valence-electron chi connectivity index (χ1n) is 4.28. The van der Waals surface area contributed by atoms with E-state index in [4.69, 9.17) is 5.73 Å². The Morgan fingerprint density at radius 1 is 1.36 bits per heavy atom. The van der Waals surface area contributed by atoms with Crippen LogP contribution in [0.5, 0.6) is 0 Å². The maximum absolute atomic E-state index is 6.00. The Morgan fingerprint density at radius 3 is 2.79 bits per heavy atom. The van der Waals surface area contributed by atoms with Crippen molar-refractivity contribution < 1.29 is 0 Å². The molecule has 1 unspecified atom stereocenters. The van der Waals surface area contributed by atoms with Gasteiger partial charge in [0.15, 0.2) is 0 Å². The number of rotatable bonds is 2. The van der Waals surface area contributed by atoms with E-state index < -0.39 is 0 Å². The number of nitrogens with two attached hydrogens (primary N) is 1. The molecule has 5 nitrogen and oxygen atoms in total. The minimum Gasteiger partial charge on any atom is -0.318 e. The van der Waals surface area contributed by atoms with E-state index in [9.17, 15) is 0 Å². The summed E-state index contributed by atoms with van der Waals surface area (Å²) in [6.45, 7) is 0. The Bertz CT molecular complexity index is 408. The van der Waals surface area contributed by atoms with Crippen molar-refractivity contribution in [3.63, 3.8) is 0 Å². The second-order valence-electron chi connectivity index (χ2n) is 2.99. The fourth-order valence-electron chi connectivity index (χ4n) is 1.31. The van der Waals surface area contributed by atoms with Gasteiger partial charge in [-0.1, -0.05) is 0 Å². The van der Waals surface area contributed by atoms with Crippen molar-refractivity contribution in [2.45, 2.75) is 6.04 Å². The lowest BCUT2D eigenvalue weighted by Gasteiger charge is -2.10. The van der Waals surface area contributed by atoms with E-state index >= 15 is 0 Å². The molecule has 0 aliphatic rings. The van der Waals surface area contributed by atoms with Crippen LogP contribution < -0.4 is 5.73 Å². The average Bonchev–Trinajstić information content (AvgIpc) is 2.65. The first-order chi connectivity index (χ1) is 6.79. The first-order valence-corrected chi connectivity index (χ1v) is 4.28. The van der Waals surface area contributed by atoms with Crippen LogP contribution in [0.3, 0.4) is 0 Å². The van der Waals surface area contributed by atoms with Crippen LogP contribution >= 0.6 is 0 Å². The summed E-state index contributed by atoms with van der Waals surface area (Å²) >= 11 is 0. The van der Waals surface area contributed by atoms with E-state index in [1.807, 2.05) is 13.1 Å². The zero-order valence-corrected chi connectivity index (χ0v) is 7.83. The molecule has 2 N–H and O–H groups in total. The van der Waals surface area contributed by atoms with Gasteiger partial charge in [0.2, 0.25) is 0 Å². The summed E-state index contributed by atoms with van der Waals surface area (Å²) in [6.07, 6.45) is 6.63. The zero-order valence-electron chi connectivity index (χ0n) is 7.83. The van der Waals surface area contributed by atoms with Crippen LogP contribution in [0.25, 0.3) is 0 Å². The summed E-state index contributed by atoms with van der Waals surface area (Å²) in [4.78, 5) is 8.12. The zero-order chi connectivity index (χ0) is 9.97. The van der Waals surface area contributed by atoms with Crippen LogP contribution in [0.1, 0.15) is 17.4 Å². The maximum Gasteiger partial charge on any atom is 0.0912 e. The molecule has 2 aromatic heterocycles. The van der Waals surface area contributed by atoms with Crippen LogP contribution in [0.4, 0.5) is 0 Å². The predicted molar refractivity (Wildman–Crippen MR) is 51.3 cm³/mol. The summed E-state index contributed by atoms with van der Waals surface area (Å²) in [6, 6.07) is 1.61. The number of nitrogens with zero attached hydrogens (tertiary/aromatic N) is 4. The second kappa shape index (κ2) is 3.55. The molecule has 2 rings (SSSR count). The highest BCUT2D eigenvalue weighted by atomic mass is 15.3. The highest BCUT2D eigenvalue weighted by Crippen LogP contribution is 2.14. The number of aryl methyl sites for hydroxylation is 1. The van der Waals surface area contributed by atoms with Crippen LogP contribution in [-0.2, 0) is 7.05 Å². The van der Waals surface area contributed by atoms with Crippen LogP contribution in [0, 0.1) is 0 Å². The molecule has 5 heteroatoms. The minimum absolute atomic E-state index is 0.267. The van der Waals surface area contributed by atoms with Gasteiger partial charge in [-0.2, -0.15) is 5.10 Å². The quantitative estimate of drug-likeness (QED) is 0.735. The summed E-state index contributed by atoms with van der Waals surface area (Å²) < 4.78 is 1.74. The molecular formula is C9H11N5. The summed E-state index contributed by atoms with van der Waals surface area (Å²) in [5, 5.41) is 4.05. The molecule has 0 spiro atoms. The standard InChI is InChI=1S/C9H11N5/c1-14-8(2-3-13-14)9(10)7-6-11-4-5-12-7/h2-6,9H,10H2,1H3. The third-order valence-electron chi connectivity index (χ3n) is 2.08. The van der Waals surface area contributed by atoms with Gasteiger partial charge in [0.25, 0.3) is 0 Å². The molecule has 0 amide bonds. The molecule has 14 heavy (non-hydrogen) atoms. The van der Waals surface area contributed by atoms with E-state index in [0.717, 1.165) is 11.4 Å². The van der Waals surface area contributed by atoms with Crippen LogP contribution in [-0.4, -0.2) is 19.7 Å². The monoisotopic (exact) mass is 189 g/mol. The third-order valence-corrected chi connectivity index (χ3v) is 2.08. The SMILES string of the molecule is Cn1nccc1C(N)c1cnccn1. The van der Waals surface area contributed by atoms with Crippen molar-refractivity contribution in [1.82, 2.24) is 19.7 Å². The minimum atomic E-state index is -0.267. The Balaban J connectivity index is 2.34.